The Morgan fingerprint density at radius 3 is 2.56 bits per heavy atom. The maximum atomic E-state index is 12.1. The van der Waals surface area contributed by atoms with Gasteiger partial charge in [-0.1, -0.05) is 24.3 Å². The highest BCUT2D eigenvalue weighted by Crippen LogP contribution is 2.11. The zero-order valence-corrected chi connectivity index (χ0v) is 10.4. The molecule has 0 saturated carbocycles. The lowest BCUT2D eigenvalue weighted by Crippen LogP contribution is -2.07. The summed E-state index contributed by atoms with van der Waals surface area (Å²) in [4.78, 5) is 12.1. The van der Waals surface area contributed by atoms with Crippen molar-refractivity contribution in [2.75, 3.05) is 7.11 Å². The predicted molar refractivity (Wildman–Crippen MR) is 67.8 cm³/mol. The van der Waals surface area contributed by atoms with Gasteiger partial charge in [0.15, 0.2) is 5.78 Å². The number of rotatable bonds is 4. The van der Waals surface area contributed by atoms with E-state index in [1.165, 1.54) is 7.11 Å². The smallest absolute Gasteiger partial charge is 0.233 e. The van der Waals surface area contributed by atoms with Crippen LogP contribution in [0.3, 0.4) is 0 Å². The molecule has 0 atom stereocenters. The van der Waals surface area contributed by atoms with Crippen molar-refractivity contribution >= 4 is 5.78 Å². The highest BCUT2D eigenvalue weighted by Gasteiger charge is 2.10. The molecule has 4 nitrogen and oxygen atoms in total. The van der Waals surface area contributed by atoms with Crippen LogP contribution in [-0.2, 0) is 6.42 Å². The number of hydrogen-bond acceptors (Lipinski definition) is 4. The molecule has 0 unspecified atom stereocenters. The molecule has 2 aromatic rings. The van der Waals surface area contributed by atoms with Crippen LogP contribution in [0.4, 0.5) is 0 Å². The molecule has 0 amide bonds. The Kier molecular flexibility index (Phi) is 3.67. The molecule has 92 valence electrons. The molecule has 4 heteroatoms. The summed E-state index contributed by atoms with van der Waals surface area (Å²) in [6.07, 6.45) is 0.252. The number of hydrogen-bond donors (Lipinski definition) is 0. The molecule has 0 aliphatic heterocycles. The zero-order chi connectivity index (χ0) is 13.0. The van der Waals surface area contributed by atoms with Crippen molar-refractivity contribution in [3.63, 3.8) is 0 Å². The van der Waals surface area contributed by atoms with Gasteiger partial charge >= 0.3 is 0 Å². The number of carbonyl (C=O) groups is 1. The maximum absolute atomic E-state index is 12.1. The Morgan fingerprint density at radius 1 is 1.17 bits per heavy atom. The van der Waals surface area contributed by atoms with Crippen molar-refractivity contribution in [1.29, 1.82) is 0 Å². The number of benzene rings is 1. The van der Waals surface area contributed by atoms with Crippen LogP contribution in [-0.4, -0.2) is 23.1 Å². The van der Waals surface area contributed by atoms with Gasteiger partial charge in [0, 0.05) is 11.6 Å². The number of ether oxygens (including phenoxy) is 1. The van der Waals surface area contributed by atoms with Crippen LogP contribution < -0.4 is 4.74 Å². The third-order valence-corrected chi connectivity index (χ3v) is 2.69. The minimum Gasteiger partial charge on any atom is -0.480 e. The van der Waals surface area contributed by atoms with E-state index < -0.39 is 0 Å². The van der Waals surface area contributed by atoms with Crippen LogP contribution in [0.2, 0.25) is 0 Å². The summed E-state index contributed by atoms with van der Waals surface area (Å²) in [5, 5.41) is 7.79. The molecule has 1 aromatic carbocycles. The van der Waals surface area contributed by atoms with Crippen molar-refractivity contribution < 1.29 is 9.53 Å². The van der Waals surface area contributed by atoms with Crippen molar-refractivity contribution in [2.24, 2.45) is 0 Å². The van der Waals surface area contributed by atoms with E-state index in [9.17, 15) is 4.79 Å². The number of aryl methyl sites for hydroxylation is 1. The van der Waals surface area contributed by atoms with Gasteiger partial charge in [-0.25, -0.2) is 0 Å². The Hall–Kier alpha value is -2.23. The van der Waals surface area contributed by atoms with Crippen molar-refractivity contribution in [3.8, 4) is 5.88 Å². The number of nitrogens with zero attached hydrogens (tertiary/aromatic N) is 2. The first-order chi connectivity index (χ1) is 8.70. The molecule has 0 bridgehead atoms. The van der Waals surface area contributed by atoms with Gasteiger partial charge in [-0.05, 0) is 18.6 Å². The van der Waals surface area contributed by atoms with Gasteiger partial charge in [-0.3, -0.25) is 4.79 Å². The lowest BCUT2D eigenvalue weighted by molar-refractivity contribution is 0.0991. The average molecular weight is 242 g/mol. The third-order valence-electron chi connectivity index (χ3n) is 2.69. The molecular weight excluding hydrogens is 228 g/mol. The van der Waals surface area contributed by atoms with Crippen LogP contribution >= 0.6 is 0 Å². The predicted octanol–water partition coefficient (Wildman–Crippen LogP) is 2.22. The van der Waals surface area contributed by atoms with Gasteiger partial charge < -0.3 is 4.74 Å². The Balaban J connectivity index is 2.14. The summed E-state index contributed by atoms with van der Waals surface area (Å²) in [6.45, 7) is 1.92. The first kappa shape index (κ1) is 12.2. The standard InChI is InChI=1S/C14H14N2O2/c1-10-5-3-4-6-12(10)13(17)9-11-7-8-14(18-2)16-15-11/h3-8H,9H2,1-2H3. The van der Waals surface area contributed by atoms with E-state index in [-0.39, 0.29) is 12.2 Å². The van der Waals surface area contributed by atoms with Crippen LogP contribution in [0, 0.1) is 6.92 Å². The number of methoxy groups -OCH3 is 1. The van der Waals surface area contributed by atoms with E-state index in [2.05, 4.69) is 10.2 Å². The van der Waals surface area contributed by atoms with Gasteiger partial charge in [-0.15, -0.1) is 5.10 Å². The molecule has 0 radical (unpaired) electrons. The largest absolute Gasteiger partial charge is 0.480 e. The number of aromatic nitrogens is 2. The minimum atomic E-state index is 0.0487. The first-order valence-corrected chi connectivity index (χ1v) is 5.66. The second-order valence-electron chi connectivity index (χ2n) is 3.98. The van der Waals surface area contributed by atoms with E-state index in [4.69, 9.17) is 4.74 Å². The molecule has 2 rings (SSSR count). The maximum Gasteiger partial charge on any atom is 0.233 e. The topological polar surface area (TPSA) is 52.1 Å². The van der Waals surface area contributed by atoms with Gasteiger partial charge in [0.1, 0.15) is 0 Å². The third kappa shape index (κ3) is 2.71. The van der Waals surface area contributed by atoms with Gasteiger partial charge in [0.05, 0.1) is 19.2 Å². The summed E-state index contributed by atoms with van der Waals surface area (Å²) in [5.74, 6) is 0.495. The second kappa shape index (κ2) is 5.40. The fourth-order valence-electron chi connectivity index (χ4n) is 1.70. The molecule has 0 saturated heterocycles. The first-order valence-electron chi connectivity index (χ1n) is 5.66. The van der Waals surface area contributed by atoms with Crippen molar-refractivity contribution in [2.45, 2.75) is 13.3 Å². The SMILES string of the molecule is COc1ccc(CC(=O)c2ccccc2C)nn1. The molecule has 0 N–H and O–H groups in total. The summed E-state index contributed by atoms with van der Waals surface area (Å²) in [5.41, 5.74) is 2.35. The quantitative estimate of drug-likeness (QED) is 0.771. The Bertz CT molecular complexity index is 550. The molecular formula is C14H14N2O2. The number of ketones is 1. The lowest BCUT2D eigenvalue weighted by Gasteiger charge is -2.04. The number of Topliss-reactive ketones (excluding diaryl/α,β-unsaturated/α-hetero) is 1. The average Bonchev–Trinajstić information content (AvgIpc) is 2.40. The summed E-state index contributed by atoms with van der Waals surface area (Å²) in [7, 11) is 1.53. The van der Waals surface area contributed by atoms with E-state index in [0.29, 0.717) is 11.6 Å². The molecule has 1 heterocycles. The Morgan fingerprint density at radius 2 is 1.94 bits per heavy atom. The molecule has 18 heavy (non-hydrogen) atoms. The van der Waals surface area contributed by atoms with E-state index in [1.54, 1.807) is 12.1 Å². The molecule has 0 aliphatic carbocycles. The van der Waals surface area contributed by atoms with Crippen molar-refractivity contribution in [1.82, 2.24) is 10.2 Å². The second-order valence-corrected chi connectivity index (χ2v) is 3.98. The molecule has 0 fully saturated rings. The highest BCUT2D eigenvalue weighted by molar-refractivity contribution is 5.98. The van der Waals surface area contributed by atoms with Crippen LogP contribution in [0.15, 0.2) is 36.4 Å². The highest BCUT2D eigenvalue weighted by atomic mass is 16.5. The molecule has 0 aliphatic rings. The monoisotopic (exact) mass is 242 g/mol. The summed E-state index contributed by atoms with van der Waals surface area (Å²) < 4.78 is 4.92. The normalized spacial score (nSPS) is 10.1. The summed E-state index contributed by atoms with van der Waals surface area (Å²) >= 11 is 0. The van der Waals surface area contributed by atoms with E-state index in [0.717, 1.165) is 11.1 Å². The van der Waals surface area contributed by atoms with Gasteiger partial charge in [0.2, 0.25) is 5.88 Å². The van der Waals surface area contributed by atoms with Crippen LogP contribution in [0.25, 0.3) is 0 Å². The lowest BCUT2D eigenvalue weighted by atomic mass is 10.0. The molecule has 1 aromatic heterocycles. The molecule has 0 spiro atoms. The van der Waals surface area contributed by atoms with Gasteiger partial charge in [0.25, 0.3) is 0 Å². The summed E-state index contributed by atoms with van der Waals surface area (Å²) in [6, 6.07) is 11.0. The fourth-order valence-corrected chi connectivity index (χ4v) is 1.70. The Labute approximate surface area is 106 Å². The van der Waals surface area contributed by atoms with E-state index in [1.807, 2.05) is 31.2 Å². The fraction of sp³-hybridized carbons (Fsp3) is 0.214. The zero-order valence-electron chi connectivity index (χ0n) is 10.4. The van der Waals surface area contributed by atoms with Gasteiger partial charge in [-0.2, -0.15) is 5.10 Å². The van der Waals surface area contributed by atoms with Crippen molar-refractivity contribution in [3.05, 3.63) is 53.2 Å². The minimum absolute atomic E-state index is 0.0487. The number of carbonyl (C=O) groups excluding carboxylic acids is 1. The van der Waals surface area contributed by atoms with Crippen LogP contribution in [0.1, 0.15) is 21.6 Å². The van der Waals surface area contributed by atoms with E-state index >= 15 is 0 Å². The van der Waals surface area contributed by atoms with Crippen LogP contribution in [0.5, 0.6) is 5.88 Å².